The van der Waals surface area contributed by atoms with Crippen molar-refractivity contribution in [1.29, 1.82) is 5.26 Å². The molecule has 1 aromatic carbocycles. The smallest absolute Gasteiger partial charge is 0.317 e. The predicted octanol–water partition coefficient (Wildman–Crippen LogP) is 1.21. The Hall–Kier alpha value is -2.83. The molecule has 2 saturated heterocycles. The number of nitrogens with zero attached hydrogens (tertiary/aromatic N) is 3. The van der Waals surface area contributed by atoms with Gasteiger partial charge in [0, 0.05) is 39.3 Å². The van der Waals surface area contributed by atoms with Crippen LogP contribution in [0, 0.1) is 23.2 Å². The van der Waals surface area contributed by atoms with E-state index in [1.54, 1.807) is 31.2 Å². The van der Waals surface area contributed by atoms with Gasteiger partial charge in [0.05, 0.1) is 24.7 Å². The zero-order chi connectivity index (χ0) is 22.9. The van der Waals surface area contributed by atoms with E-state index in [2.05, 4.69) is 16.3 Å². The van der Waals surface area contributed by atoms with Crippen LogP contribution in [-0.2, 0) is 9.53 Å². The molecule has 174 valence electrons. The number of hydrogen-bond donors (Lipinski definition) is 2. The second kappa shape index (κ2) is 11.7. The predicted molar refractivity (Wildman–Crippen MR) is 117 cm³/mol. The van der Waals surface area contributed by atoms with Crippen molar-refractivity contribution in [2.45, 2.75) is 25.9 Å². The molecule has 1 aromatic rings. The molecule has 2 N–H and O–H groups in total. The van der Waals surface area contributed by atoms with Gasteiger partial charge in [-0.05, 0) is 49.4 Å². The van der Waals surface area contributed by atoms with Crippen molar-refractivity contribution in [3.8, 4) is 11.8 Å². The van der Waals surface area contributed by atoms with Crippen LogP contribution in [0.25, 0.3) is 0 Å². The van der Waals surface area contributed by atoms with Gasteiger partial charge in [0.25, 0.3) is 0 Å². The lowest BCUT2D eigenvalue weighted by Gasteiger charge is -2.46. The fourth-order valence-corrected chi connectivity index (χ4v) is 4.49. The lowest BCUT2D eigenvalue weighted by Crippen LogP contribution is -2.57. The lowest BCUT2D eigenvalue weighted by atomic mass is 9.84. The molecule has 0 saturated carbocycles. The summed E-state index contributed by atoms with van der Waals surface area (Å²) in [6.07, 6.45) is 0.643. The van der Waals surface area contributed by atoms with E-state index in [1.165, 1.54) is 0 Å². The highest BCUT2D eigenvalue weighted by molar-refractivity contribution is 5.75. The van der Waals surface area contributed by atoms with Crippen LogP contribution in [0.3, 0.4) is 0 Å². The van der Waals surface area contributed by atoms with E-state index in [4.69, 9.17) is 14.7 Å². The van der Waals surface area contributed by atoms with Gasteiger partial charge in [0.2, 0.25) is 0 Å². The van der Waals surface area contributed by atoms with Crippen molar-refractivity contribution in [3.63, 3.8) is 0 Å². The van der Waals surface area contributed by atoms with Crippen molar-refractivity contribution < 1.29 is 24.2 Å². The van der Waals surface area contributed by atoms with Gasteiger partial charge < -0.3 is 24.8 Å². The summed E-state index contributed by atoms with van der Waals surface area (Å²) in [4.78, 5) is 28.0. The van der Waals surface area contributed by atoms with E-state index in [9.17, 15) is 14.7 Å². The first-order chi connectivity index (χ1) is 15.5. The van der Waals surface area contributed by atoms with E-state index in [0.29, 0.717) is 49.4 Å². The molecular weight excluding hydrogens is 412 g/mol. The first kappa shape index (κ1) is 23.8. The monoisotopic (exact) mass is 444 g/mol. The number of amides is 2. The van der Waals surface area contributed by atoms with Crippen molar-refractivity contribution in [1.82, 2.24) is 15.1 Å². The quantitative estimate of drug-likeness (QED) is 0.550. The van der Waals surface area contributed by atoms with E-state index in [-0.39, 0.29) is 31.6 Å². The van der Waals surface area contributed by atoms with Crippen LogP contribution in [0.15, 0.2) is 24.3 Å². The van der Waals surface area contributed by atoms with Gasteiger partial charge in [-0.3, -0.25) is 9.69 Å². The van der Waals surface area contributed by atoms with Gasteiger partial charge in [-0.2, -0.15) is 5.26 Å². The first-order valence-electron chi connectivity index (χ1n) is 11.2. The Bertz CT molecular complexity index is 796. The third-order valence-corrected chi connectivity index (χ3v) is 5.75. The number of hydrogen-bond acceptors (Lipinski definition) is 7. The molecule has 2 fully saturated rings. The number of carbonyl (C=O) groups excluding carboxylic acids is 2. The van der Waals surface area contributed by atoms with Crippen LogP contribution in [0.1, 0.15) is 25.3 Å². The SMILES string of the molecule is CCOC(=O)CCNC(=O)N1CC2CC(CN(CC(O)COc3ccc(C#N)cc3)C2)C1. The number of piperidine rings is 2. The molecule has 3 unspecified atom stereocenters. The second-order valence-electron chi connectivity index (χ2n) is 8.48. The van der Waals surface area contributed by atoms with Crippen molar-refractivity contribution >= 4 is 12.0 Å². The molecule has 32 heavy (non-hydrogen) atoms. The molecule has 2 heterocycles. The van der Waals surface area contributed by atoms with Gasteiger partial charge in [-0.15, -0.1) is 0 Å². The number of aliphatic hydroxyl groups is 1. The van der Waals surface area contributed by atoms with Crippen molar-refractivity contribution in [2.75, 3.05) is 52.5 Å². The molecule has 2 bridgehead atoms. The number of likely N-dealkylation sites (tertiary alicyclic amines) is 2. The Balaban J connectivity index is 1.38. The summed E-state index contributed by atoms with van der Waals surface area (Å²) < 4.78 is 10.5. The second-order valence-corrected chi connectivity index (χ2v) is 8.48. The van der Waals surface area contributed by atoms with Crippen molar-refractivity contribution in [2.24, 2.45) is 11.8 Å². The summed E-state index contributed by atoms with van der Waals surface area (Å²) in [5.41, 5.74) is 0.569. The number of carbonyl (C=O) groups is 2. The highest BCUT2D eigenvalue weighted by Crippen LogP contribution is 2.28. The molecule has 0 aromatic heterocycles. The number of fused-ring (bicyclic) bond motifs is 2. The molecule has 9 nitrogen and oxygen atoms in total. The molecule has 2 aliphatic heterocycles. The zero-order valence-electron chi connectivity index (χ0n) is 18.5. The molecule has 2 amide bonds. The fourth-order valence-electron chi connectivity index (χ4n) is 4.49. The molecule has 9 heteroatoms. The maximum Gasteiger partial charge on any atom is 0.317 e. The molecule has 3 rings (SSSR count). The number of β-amino-alcohol motifs (C(OH)–C–C–N with tert-alkyl or cyclic N) is 1. The van der Waals surface area contributed by atoms with Crippen molar-refractivity contribution in [3.05, 3.63) is 29.8 Å². The minimum atomic E-state index is -0.619. The normalized spacial score (nSPS) is 21.3. The summed E-state index contributed by atoms with van der Waals surface area (Å²) in [6.45, 7) is 6.10. The summed E-state index contributed by atoms with van der Waals surface area (Å²) in [5.74, 6) is 1.05. The fraction of sp³-hybridized carbons (Fsp3) is 0.609. The number of esters is 1. The summed E-state index contributed by atoms with van der Waals surface area (Å²) in [6, 6.07) is 8.76. The Labute approximate surface area is 188 Å². The topological polar surface area (TPSA) is 115 Å². The Morgan fingerprint density at radius 3 is 2.53 bits per heavy atom. The number of rotatable bonds is 9. The molecule has 3 atom stereocenters. The minimum Gasteiger partial charge on any atom is -0.491 e. The molecule has 0 spiro atoms. The van der Waals surface area contributed by atoms with Gasteiger partial charge in [-0.1, -0.05) is 0 Å². The number of ether oxygens (including phenoxy) is 2. The first-order valence-corrected chi connectivity index (χ1v) is 11.2. The molecular formula is C23H32N4O5. The number of benzene rings is 1. The molecule has 0 aliphatic carbocycles. The highest BCUT2D eigenvalue weighted by atomic mass is 16.5. The van der Waals surface area contributed by atoms with E-state index in [1.807, 2.05) is 4.90 Å². The summed E-state index contributed by atoms with van der Waals surface area (Å²) >= 11 is 0. The third-order valence-electron chi connectivity index (χ3n) is 5.75. The maximum absolute atomic E-state index is 12.5. The molecule has 2 aliphatic rings. The zero-order valence-corrected chi connectivity index (χ0v) is 18.5. The number of nitriles is 1. The Morgan fingerprint density at radius 2 is 1.91 bits per heavy atom. The van der Waals surface area contributed by atoms with Gasteiger partial charge >= 0.3 is 12.0 Å². The Morgan fingerprint density at radius 1 is 1.22 bits per heavy atom. The maximum atomic E-state index is 12.5. The van der Waals surface area contributed by atoms with Gasteiger partial charge in [-0.25, -0.2) is 4.79 Å². The standard InChI is InChI=1S/C23H32N4O5/c1-2-31-22(29)7-8-25-23(30)27-13-18-9-19(14-27)12-26(11-18)15-20(28)16-32-21-5-3-17(10-24)4-6-21/h3-6,18-20,28H,2,7-9,11-16H2,1H3,(H,25,30). The van der Waals surface area contributed by atoms with Crippen LogP contribution in [0.2, 0.25) is 0 Å². The van der Waals surface area contributed by atoms with Crippen LogP contribution in [0.5, 0.6) is 5.75 Å². The van der Waals surface area contributed by atoms with Crippen LogP contribution >= 0.6 is 0 Å². The number of aliphatic hydroxyl groups excluding tert-OH is 1. The van der Waals surface area contributed by atoms with E-state index in [0.717, 1.165) is 19.5 Å². The lowest BCUT2D eigenvalue weighted by molar-refractivity contribution is -0.142. The minimum absolute atomic E-state index is 0.131. The van der Waals surface area contributed by atoms with Crippen LogP contribution in [-0.4, -0.2) is 85.5 Å². The van der Waals surface area contributed by atoms with Crippen LogP contribution in [0.4, 0.5) is 4.79 Å². The van der Waals surface area contributed by atoms with Crippen LogP contribution < -0.4 is 10.1 Å². The average Bonchev–Trinajstić information content (AvgIpc) is 2.77. The highest BCUT2D eigenvalue weighted by Gasteiger charge is 2.36. The largest absolute Gasteiger partial charge is 0.491 e. The van der Waals surface area contributed by atoms with Gasteiger partial charge in [0.15, 0.2) is 0 Å². The summed E-state index contributed by atoms with van der Waals surface area (Å²) in [5, 5.41) is 22.1. The van der Waals surface area contributed by atoms with E-state index < -0.39 is 6.10 Å². The molecule has 0 radical (unpaired) electrons. The summed E-state index contributed by atoms with van der Waals surface area (Å²) in [7, 11) is 0. The third kappa shape index (κ3) is 7.11. The van der Waals surface area contributed by atoms with E-state index >= 15 is 0 Å². The average molecular weight is 445 g/mol. The Kier molecular flexibility index (Phi) is 8.71. The number of nitrogens with one attached hydrogen (secondary N) is 1. The van der Waals surface area contributed by atoms with Gasteiger partial charge in [0.1, 0.15) is 18.5 Å². The number of urea groups is 1.